The average Bonchev–Trinajstić information content (AvgIpc) is 2.89. The fourth-order valence-corrected chi connectivity index (χ4v) is 2.36. The molecule has 23 heavy (non-hydrogen) atoms. The van der Waals surface area contributed by atoms with Gasteiger partial charge in [-0.25, -0.2) is 0 Å². The number of ketones is 1. The van der Waals surface area contributed by atoms with Crippen molar-refractivity contribution in [2.45, 2.75) is 25.4 Å². The zero-order valence-electron chi connectivity index (χ0n) is 11.8. The van der Waals surface area contributed by atoms with E-state index >= 15 is 0 Å². The van der Waals surface area contributed by atoms with E-state index in [-0.39, 0.29) is 13.0 Å². The van der Waals surface area contributed by atoms with Gasteiger partial charge >= 0.3 is 5.97 Å². The number of carbonyl (C=O) groups is 2. The summed E-state index contributed by atoms with van der Waals surface area (Å²) in [5.74, 6) is -1.31. The average molecular weight is 358 g/mol. The van der Waals surface area contributed by atoms with Crippen LogP contribution in [0, 0.1) is 0 Å². The van der Waals surface area contributed by atoms with E-state index in [1.54, 1.807) is 18.2 Å². The third-order valence-corrected chi connectivity index (χ3v) is 3.70. The first-order chi connectivity index (χ1) is 10.9. The Morgan fingerprint density at radius 1 is 1.30 bits per heavy atom. The molecule has 0 aliphatic carbocycles. The third kappa shape index (κ3) is 4.72. The Balaban J connectivity index is 2.04. The number of Topliss-reactive ketones (excluding diaryl/α,β-unsaturated/α-hetero) is 1. The largest absolute Gasteiger partial charge is 0.481 e. The van der Waals surface area contributed by atoms with Crippen LogP contribution < -0.4 is 5.73 Å². The molecule has 2 aromatic rings. The minimum Gasteiger partial charge on any atom is -0.481 e. The number of benzene rings is 1. The van der Waals surface area contributed by atoms with Gasteiger partial charge in [0.25, 0.3) is 0 Å². The van der Waals surface area contributed by atoms with E-state index in [1.165, 1.54) is 0 Å². The zero-order valence-corrected chi connectivity index (χ0v) is 13.3. The highest BCUT2D eigenvalue weighted by Gasteiger charge is 2.19. The van der Waals surface area contributed by atoms with E-state index < -0.39 is 24.2 Å². The molecule has 10 heteroatoms. The van der Waals surface area contributed by atoms with Gasteiger partial charge in [-0.05, 0) is 22.9 Å². The fraction of sp³-hybridized carbons (Fsp3) is 0.308. The van der Waals surface area contributed by atoms with E-state index in [1.807, 2.05) is 0 Å². The van der Waals surface area contributed by atoms with Crippen LogP contribution in [0.3, 0.4) is 0 Å². The maximum atomic E-state index is 11.8. The Morgan fingerprint density at radius 2 is 1.96 bits per heavy atom. The molecule has 2 rings (SSSR count). The molecule has 1 unspecified atom stereocenters. The second-order valence-electron chi connectivity index (χ2n) is 4.78. The van der Waals surface area contributed by atoms with Crippen molar-refractivity contribution >= 4 is 35.0 Å². The SMILES string of the molecule is NC(CC(=O)O)C(=O)Cn1nnc(Cc2c(Cl)cccc2Cl)n1. The number of halogens is 2. The molecule has 1 atom stereocenters. The summed E-state index contributed by atoms with van der Waals surface area (Å²) in [6, 6.07) is 4.00. The number of tetrazole rings is 1. The molecule has 1 aromatic heterocycles. The number of hydrogen-bond acceptors (Lipinski definition) is 6. The Hall–Kier alpha value is -2.03. The predicted octanol–water partition coefficient (Wildman–Crippen LogP) is 0.942. The zero-order chi connectivity index (χ0) is 17.0. The van der Waals surface area contributed by atoms with Crippen molar-refractivity contribution in [2.75, 3.05) is 0 Å². The van der Waals surface area contributed by atoms with Gasteiger partial charge in [-0.1, -0.05) is 29.3 Å². The van der Waals surface area contributed by atoms with Gasteiger partial charge in [-0.2, -0.15) is 4.80 Å². The van der Waals surface area contributed by atoms with E-state index in [0.717, 1.165) is 4.80 Å². The number of carboxylic acid groups (broad SMARTS) is 1. The summed E-state index contributed by atoms with van der Waals surface area (Å²) in [7, 11) is 0. The summed E-state index contributed by atoms with van der Waals surface area (Å²) in [6.45, 7) is -0.252. The first kappa shape index (κ1) is 17.3. The molecular weight excluding hydrogens is 345 g/mol. The van der Waals surface area contributed by atoms with Crippen molar-refractivity contribution in [3.63, 3.8) is 0 Å². The van der Waals surface area contributed by atoms with Gasteiger partial charge in [0.05, 0.1) is 12.5 Å². The van der Waals surface area contributed by atoms with Crippen LogP contribution in [-0.2, 0) is 22.6 Å². The molecule has 0 amide bonds. The van der Waals surface area contributed by atoms with Crippen LogP contribution in [0.1, 0.15) is 17.8 Å². The lowest BCUT2D eigenvalue weighted by atomic mass is 10.1. The molecule has 1 aromatic carbocycles. The summed E-state index contributed by atoms with van der Waals surface area (Å²) >= 11 is 12.1. The lowest BCUT2D eigenvalue weighted by Gasteiger charge is -2.06. The van der Waals surface area contributed by atoms with Gasteiger partial charge in [-0.15, -0.1) is 10.2 Å². The number of carboxylic acids is 1. The molecule has 0 radical (unpaired) electrons. The third-order valence-electron chi connectivity index (χ3n) is 3.00. The highest BCUT2D eigenvalue weighted by atomic mass is 35.5. The van der Waals surface area contributed by atoms with E-state index in [2.05, 4.69) is 15.4 Å². The van der Waals surface area contributed by atoms with Crippen LogP contribution in [0.15, 0.2) is 18.2 Å². The second kappa shape index (κ2) is 7.49. The van der Waals surface area contributed by atoms with Crippen LogP contribution in [0.2, 0.25) is 10.0 Å². The summed E-state index contributed by atoms with van der Waals surface area (Å²) in [6.07, 6.45) is -0.191. The van der Waals surface area contributed by atoms with Crippen molar-refractivity contribution in [1.82, 2.24) is 20.2 Å². The number of aliphatic carboxylic acids is 1. The molecule has 0 bridgehead atoms. The van der Waals surface area contributed by atoms with Crippen molar-refractivity contribution < 1.29 is 14.7 Å². The van der Waals surface area contributed by atoms with E-state index in [9.17, 15) is 9.59 Å². The number of nitrogens with zero attached hydrogens (tertiary/aromatic N) is 4. The normalized spacial score (nSPS) is 12.1. The van der Waals surface area contributed by atoms with Gasteiger partial charge in [-0.3, -0.25) is 9.59 Å². The topological polar surface area (TPSA) is 124 Å². The maximum absolute atomic E-state index is 11.8. The van der Waals surface area contributed by atoms with Crippen molar-refractivity contribution in [2.24, 2.45) is 5.73 Å². The summed E-state index contributed by atoms with van der Waals surface area (Å²) in [5, 5.41) is 21.2. The number of nitrogens with two attached hydrogens (primary N) is 1. The molecule has 0 aliphatic heterocycles. The van der Waals surface area contributed by atoms with Gasteiger partial charge in [0.1, 0.15) is 6.54 Å². The predicted molar refractivity (Wildman–Crippen MR) is 82.3 cm³/mol. The Kier molecular flexibility index (Phi) is 5.64. The molecule has 0 fully saturated rings. The monoisotopic (exact) mass is 357 g/mol. The van der Waals surface area contributed by atoms with Crippen LogP contribution in [-0.4, -0.2) is 43.1 Å². The van der Waals surface area contributed by atoms with Gasteiger partial charge in [0.15, 0.2) is 11.6 Å². The lowest BCUT2D eigenvalue weighted by Crippen LogP contribution is -2.35. The Morgan fingerprint density at radius 3 is 2.57 bits per heavy atom. The standard InChI is InChI=1S/C13H13Cl2N5O3/c14-8-2-1-3-9(15)7(8)4-12-17-19-20(18-12)6-11(21)10(16)5-13(22)23/h1-3,10H,4-6,16H2,(H,22,23). The minimum absolute atomic E-state index is 0.252. The second-order valence-corrected chi connectivity index (χ2v) is 5.60. The number of carbonyl (C=O) groups excluding carboxylic acids is 1. The van der Waals surface area contributed by atoms with Crippen LogP contribution in [0.4, 0.5) is 0 Å². The smallest absolute Gasteiger partial charge is 0.305 e. The highest BCUT2D eigenvalue weighted by molar-refractivity contribution is 6.36. The molecule has 0 saturated heterocycles. The van der Waals surface area contributed by atoms with E-state index in [4.69, 9.17) is 34.0 Å². The lowest BCUT2D eigenvalue weighted by molar-refractivity contribution is -0.139. The van der Waals surface area contributed by atoms with Crippen molar-refractivity contribution in [3.8, 4) is 0 Å². The first-order valence-electron chi connectivity index (χ1n) is 6.56. The van der Waals surface area contributed by atoms with Crippen LogP contribution in [0.25, 0.3) is 0 Å². The molecule has 0 aliphatic rings. The molecule has 8 nitrogen and oxygen atoms in total. The summed E-state index contributed by atoms with van der Waals surface area (Å²) < 4.78 is 0. The molecule has 122 valence electrons. The van der Waals surface area contributed by atoms with Gasteiger partial charge in [0.2, 0.25) is 0 Å². The number of rotatable bonds is 7. The molecule has 3 N–H and O–H groups in total. The number of hydrogen-bond donors (Lipinski definition) is 2. The Bertz CT molecular complexity index is 714. The van der Waals surface area contributed by atoms with Crippen molar-refractivity contribution in [3.05, 3.63) is 39.6 Å². The summed E-state index contributed by atoms with van der Waals surface area (Å²) in [5.41, 5.74) is 6.14. The first-order valence-corrected chi connectivity index (χ1v) is 7.32. The Labute approximate surface area is 141 Å². The molecular formula is C13H13Cl2N5O3. The minimum atomic E-state index is -1.15. The quantitative estimate of drug-likeness (QED) is 0.755. The van der Waals surface area contributed by atoms with Crippen LogP contribution in [0.5, 0.6) is 0 Å². The fourth-order valence-electron chi connectivity index (χ4n) is 1.83. The van der Waals surface area contributed by atoms with Crippen LogP contribution >= 0.6 is 23.2 Å². The van der Waals surface area contributed by atoms with E-state index in [0.29, 0.717) is 21.4 Å². The molecule has 0 spiro atoms. The van der Waals surface area contributed by atoms with Gasteiger partial charge in [0, 0.05) is 16.5 Å². The molecule has 1 heterocycles. The summed E-state index contributed by atoms with van der Waals surface area (Å²) in [4.78, 5) is 23.4. The number of aromatic nitrogens is 4. The maximum Gasteiger partial charge on any atom is 0.305 e. The van der Waals surface area contributed by atoms with Gasteiger partial charge < -0.3 is 10.8 Å². The highest BCUT2D eigenvalue weighted by Crippen LogP contribution is 2.25. The van der Waals surface area contributed by atoms with Crippen molar-refractivity contribution in [1.29, 1.82) is 0 Å². The molecule has 0 saturated carbocycles.